The fourth-order valence-electron chi connectivity index (χ4n) is 1.45. The second-order valence-electron chi connectivity index (χ2n) is 2.74. The topological polar surface area (TPSA) is 24.1 Å². The molecule has 0 bridgehead atoms. The predicted octanol–water partition coefficient (Wildman–Crippen LogP) is 0.741. The second-order valence-corrected chi connectivity index (χ2v) is 2.74. The summed E-state index contributed by atoms with van der Waals surface area (Å²) >= 11 is 0. The van der Waals surface area contributed by atoms with Crippen LogP contribution in [0.5, 0.6) is 0 Å². The van der Waals surface area contributed by atoms with Crippen molar-refractivity contribution in [2.45, 2.75) is 12.8 Å². The van der Waals surface area contributed by atoms with Gasteiger partial charge in [0.1, 0.15) is 0 Å². The Hall–Kier alpha value is -0.760. The summed E-state index contributed by atoms with van der Waals surface area (Å²) in [6.45, 7) is 2.00. The van der Waals surface area contributed by atoms with Crippen molar-refractivity contribution in [2.24, 2.45) is 0 Å². The number of rotatable bonds is 0. The van der Waals surface area contributed by atoms with Gasteiger partial charge in [-0.15, -0.1) is 0 Å². The standard InChI is InChI=1S/C8H12N2/c1-2-4-8-7(3-1)5-9-6-10-8/h2,4,9-10H,1,3,5-6H2. The molecule has 0 radical (unpaired) electrons. The Morgan fingerprint density at radius 3 is 3.30 bits per heavy atom. The molecule has 10 heavy (non-hydrogen) atoms. The van der Waals surface area contributed by atoms with Crippen molar-refractivity contribution in [3.05, 3.63) is 23.4 Å². The van der Waals surface area contributed by atoms with Gasteiger partial charge in [0.25, 0.3) is 0 Å². The van der Waals surface area contributed by atoms with E-state index in [9.17, 15) is 0 Å². The number of allylic oxidation sites excluding steroid dienone is 2. The van der Waals surface area contributed by atoms with Crippen LogP contribution in [0.3, 0.4) is 0 Å². The van der Waals surface area contributed by atoms with Gasteiger partial charge in [-0.05, 0) is 24.5 Å². The summed E-state index contributed by atoms with van der Waals surface area (Å²) in [7, 11) is 0. The zero-order valence-electron chi connectivity index (χ0n) is 5.98. The normalized spacial score (nSPS) is 24.0. The molecule has 2 heteroatoms. The fraction of sp³-hybridized carbons (Fsp3) is 0.500. The number of hydrogen-bond acceptors (Lipinski definition) is 2. The first-order valence-corrected chi connectivity index (χ1v) is 3.80. The van der Waals surface area contributed by atoms with Crippen molar-refractivity contribution in [3.63, 3.8) is 0 Å². The van der Waals surface area contributed by atoms with Gasteiger partial charge in [-0.25, -0.2) is 0 Å². The van der Waals surface area contributed by atoms with Crippen molar-refractivity contribution in [3.8, 4) is 0 Å². The van der Waals surface area contributed by atoms with Crippen molar-refractivity contribution >= 4 is 0 Å². The summed E-state index contributed by atoms with van der Waals surface area (Å²) in [5, 5.41) is 6.58. The van der Waals surface area contributed by atoms with Gasteiger partial charge < -0.3 is 5.32 Å². The minimum absolute atomic E-state index is 0.920. The SMILES string of the molecule is C1=CC2=C(CC1)CNCN2. The molecule has 1 aliphatic carbocycles. The summed E-state index contributed by atoms with van der Waals surface area (Å²) < 4.78 is 0. The van der Waals surface area contributed by atoms with E-state index in [1.165, 1.54) is 24.1 Å². The first kappa shape index (κ1) is 5.98. The third-order valence-electron chi connectivity index (χ3n) is 2.02. The molecule has 0 fully saturated rings. The lowest BCUT2D eigenvalue weighted by molar-refractivity contribution is 0.604. The van der Waals surface area contributed by atoms with Crippen LogP contribution in [0.25, 0.3) is 0 Å². The molecule has 0 saturated carbocycles. The highest BCUT2D eigenvalue weighted by molar-refractivity contribution is 5.30. The van der Waals surface area contributed by atoms with E-state index in [4.69, 9.17) is 0 Å². The van der Waals surface area contributed by atoms with E-state index in [1.807, 2.05) is 0 Å². The monoisotopic (exact) mass is 136 g/mol. The van der Waals surface area contributed by atoms with Gasteiger partial charge in [0.15, 0.2) is 0 Å². The lowest BCUT2D eigenvalue weighted by Crippen LogP contribution is -2.36. The molecule has 0 saturated heterocycles. The summed E-state index contributed by atoms with van der Waals surface area (Å²) in [4.78, 5) is 0. The van der Waals surface area contributed by atoms with Crippen LogP contribution < -0.4 is 10.6 Å². The maximum Gasteiger partial charge on any atom is 0.0655 e. The summed E-state index contributed by atoms with van der Waals surface area (Å²) in [6, 6.07) is 0. The molecule has 0 atom stereocenters. The minimum Gasteiger partial charge on any atom is -0.372 e. The van der Waals surface area contributed by atoms with Gasteiger partial charge in [0.2, 0.25) is 0 Å². The van der Waals surface area contributed by atoms with Crippen molar-refractivity contribution in [1.82, 2.24) is 10.6 Å². The highest BCUT2D eigenvalue weighted by atomic mass is 15.1. The molecule has 0 spiro atoms. The third kappa shape index (κ3) is 0.948. The number of nitrogens with one attached hydrogen (secondary N) is 2. The lowest BCUT2D eigenvalue weighted by Gasteiger charge is -2.23. The minimum atomic E-state index is 0.920. The molecule has 1 aliphatic heterocycles. The van der Waals surface area contributed by atoms with E-state index in [1.54, 1.807) is 0 Å². The lowest BCUT2D eigenvalue weighted by atomic mass is 10.0. The fourth-order valence-corrected chi connectivity index (χ4v) is 1.45. The number of hydrogen-bond donors (Lipinski definition) is 2. The van der Waals surface area contributed by atoms with Crippen LogP contribution in [0.2, 0.25) is 0 Å². The Morgan fingerprint density at radius 1 is 1.40 bits per heavy atom. The molecule has 54 valence electrons. The van der Waals surface area contributed by atoms with Gasteiger partial charge in [-0.1, -0.05) is 6.08 Å². The van der Waals surface area contributed by atoms with E-state index < -0.39 is 0 Å². The summed E-state index contributed by atoms with van der Waals surface area (Å²) in [6.07, 6.45) is 6.87. The van der Waals surface area contributed by atoms with Gasteiger partial charge in [-0.2, -0.15) is 0 Å². The van der Waals surface area contributed by atoms with E-state index in [0.717, 1.165) is 13.2 Å². The molecule has 0 aromatic rings. The van der Waals surface area contributed by atoms with Crippen LogP contribution in [0, 0.1) is 0 Å². The molecule has 1 heterocycles. The first-order valence-electron chi connectivity index (χ1n) is 3.80. The van der Waals surface area contributed by atoms with E-state index in [0.29, 0.717) is 0 Å². The van der Waals surface area contributed by atoms with Crippen LogP contribution in [0.15, 0.2) is 23.4 Å². The Balaban J connectivity index is 2.23. The van der Waals surface area contributed by atoms with Crippen molar-refractivity contribution in [1.29, 1.82) is 0 Å². The molecule has 2 nitrogen and oxygen atoms in total. The van der Waals surface area contributed by atoms with Gasteiger partial charge in [-0.3, -0.25) is 5.32 Å². The maximum atomic E-state index is 3.30. The largest absolute Gasteiger partial charge is 0.372 e. The molecule has 2 rings (SSSR count). The molecule has 2 aliphatic rings. The Labute approximate surface area is 61.0 Å². The zero-order valence-corrected chi connectivity index (χ0v) is 5.98. The quantitative estimate of drug-likeness (QED) is 0.513. The maximum absolute atomic E-state index is 3.30. The average molecular weight is 136 g/mol. The van der Waals surface area contributed by atoms with Crippen LogP contribution in [0.4, 0.5) is 0 Å². The van der Waals surface area contributed by atoms with E-state index in [-0.39, 0.29) is 0 Å². The highest BCUT2D eigenvalue weighted by Crippen LogP contribution is 2.17. The van der Waals surface area contributed by atoms with Crippen LogP contribution in [-0.2, 0) is 0 Å². The van der Waals surface area contributed by atoms with Gasteiger partial charge in [0, 0.05) is 12.2 Å². The molecule has 0 unspecified atom stereocenters. The third-order valence-corrected chi connectivity index (χ3v) is 2.02. The molecule has 0 amide bonds. The predicted molar refractivity (Wildman–Crippen MR) is 41.4 cm³/mol. The molecule has 0 aromatic carbocycles. The zero-order chi connectivity index (χ0) is 6.81. The Kier molecular flexibility index (Phi) is 1.47. The van der Waals surface area contributed by atoms with Crippen molar-refractivity contribution < 1.29 is 0 Å². The van der Waals surface area contributed by atoms with Crippen LogP contribution >= 0.6 is 0 Å². The van der Waals surface area contributed by atoms with Crippen LogP contribution in [-0.4, -0.2) is 13.2 Å². The molecular weight excluding hydrogens is 124 g/mol. The Bertz CT molecular complexity index is 191. The Morgan fingerprint density at radius 2 is 2.40 bits per heavy atom. The van der Waals surface area contributed by atoms with Gasteiger partial charge >= 0.3 is 0 Å². The smallest absolute Gasteiger partial charge is 0.0655 e. The highest BCUT2D eigenvalue weighted by Gasteiger charge is 2.10. The average Bonchev–Trinajstić information content (AvgIpc) is 2.05. The summed E-state index contributed by atoms with van der Waals surface area (Å²) in [5.74, 6) is 0. The summed E-state index contributed by atoms with van der Waals surface area (Å²) in [5.41, 5.74) is 2.89. The van der Waals surface area contributed by atoms with Crippen molar-refractivity contribution in [2.75, 3.05) is 13.2 Å². The van der Waals surface area contributed by atoms with E-state index >= 15 is 0 Å². The van der Waals surface area contributed by atoms with E-state index in [2.05, 4.69) is 22.8 Å². The molecule has 0 aromatic heterocycles. The van der Waals surface area contributed by atoms with Crippen LogP contribution in [0.1, 0.15) is 12.8 Å². The van der Waals surface area contributed by atoms with Gasteiger partial charge in [0.05, 0.1) is 6.67 Å². The molecule has 2 N–H and O–H groups in total. The molecular formula is C8H12N2. The first-order chi connectivity index (χ1) is 4.97. The second kappa shape index (κ2) is 2.46.